The molecule has 20 rings (SSSR count). The van der Waals surface area contributed by atoms with Crippen LogP contribution in [0, 0.1) is 0 Å². The molecule has 0 N–H and O–H groups in total. The van der Waals surface area contributed by atoms with Gasteiger partial charge in [0.1, 0.15) is 0 Å². The van der Waals surface area contributed by atoms with E-state index in [4.69, 9.17) is 0 Å². The van der Waals surface area contributed by atoms with E-state index in [2.05, 4.69) is 390 Å². The summed E-state index contributed by atoms with van der Waals surface area (Å²) < 4.78 is 7.48. The molecule has 2 aliphatic rings. The van der Waals surface area contributed by atoms with Gasteiger partial charge in [0, 0.05) is 94.4 Å². The first kappa shape index (κ1) is 57.6. The van der Waals surface area contributed by atoms with Gasteiger partial charge in [0.2, 0.25) is 0 Å². The molecule has 0 radical (unpaired) electrons. The van der Waals surface area contributed by atoms with E-state index in [1.807, 2.05) is 0 Å². The highest BCUT2D eigenvalue weighted by Gasteiger charge is 2.46. The fraction of sp³-hybridized carbons (Fsp3) is 0.0426. The minimum Gasteiger partial charge on any atom is -0.310 e. The standard InChI is InChI=1S/C94H66BN5/c1-94(2,3)65-55-89-91-90(56-65)100(93-71(63-33-13-6-14-34-63)45-28-46-72(93)64-35-15-7-16-36-64)88-58-68(98-84-50-26-22-42-76(84)78-59-85-77(60-86(78)98)75-41-21-25-49-83(75)96(85)66-37-17-8-18-38-66)52-54-80(88)95(91)79-53-51-67(97-81-47-23-19-39-73(81)74-40-20-24-48-82(74)97)57-87(79)99(89)92-69(61-29-9-4-10-30-61)43-27-44-70(92)62-31-11-5-12-32-62/h4-60H,1-3H3. The highest BCUT2D eigenvalue weighted by atomic mass is 15.2. The molecule has 3 aromatic heterocycles. The van der Waals surface area contributed by atoms with Crippen molar-refractivity contribution in [2.24, 2.45) is 0 Å². The number of nitrogens with zero attached hydrogens (tertiary/aromatic N) is 5. The second-order valence-corrected chi connectivity index (χ2v) is 27.9. The van der Waals surface area contributed by atoms with E-state index in [9.17, 15) is 0 Å². The van der Waals surface area contributed by atoms with Crippen LogP contribution in [0.5, 0.6) is 0 Å². The van der Waals surface area contributed by atoms with Crippen molar-refractivity contribution in [3.63, 3.8) is 0 Å². The van der Waals surface area contributed by atoms with Gasteiger partial charge in [-0.15, -0.1) is 0 Å². The number of hydrogen-bond donors (Lipinski definition) is 0. The molecule has 5 heterocycles. The average Bonchev–Trinajstić information content (AvgIpc) is 0.995. The molecule has 0 fully saturated rings. The zero-order chi connectivity index (χ0) is 66.3. The normalized spacial score (nSPS) is 12.7. The van der Waals surface area contributed by atoms with Crippen LogP contribution < -0.4 is 26.2 Å². The summed E-state index contributed by atoms with van der Waals surface area (Å²) in [5, 5.41) is 7.30. The van der Waals surface area contributed by atoms with E-state index in [0.29, 0.717) is 0 Å². The summed E-state index contributed by atoms with van der Waals surface area (Å²) in [4.78, 5) is 5.39. The summed E-state index contributed by atoms with van der Waals surface area (Å²) in [6.45, 7) is 6.93. The Bertz CT molecular complexity index is 6150. The van der Waals surface area contributed by atoms with E-state index >= 15 is 0 Å². The van der Waals surface area contributed by atoms with Crippen LogP contribution in [-0.2, 0) is 5.41 Å². The quantitative estimate of drug-likeness (QED) is 0.134. The lowest BCUT2D eigenvalue weighted by atomic mass is 9.33. The Kier molecular flexibility index (Phi) is 12.9. The van der Waals surface area contributed by atoms with Crippen molar-refractivity contribution >= 4 is 123 Å². The second-order valence-electron chi connectivity index (χ2n) is 27.9. The van der Waals surface area contributed by atoms with Gasteiger partial charge in [-0.2, -0.15) is 0 Å². The van der Waals surface area contributed by atoms with Gasteiger partial charge in [-0.25, -0.2) is 0 Å². The summed E-state index contributed by atoms with van der Waals surface area (Å²) in [5.41, 5.74) is 30.9. The van der Waals surface area contributed by atoms with Crippen LogP contribution in [0.2, 0.25) is 0 Å². The van der Waals surface area contributed by atoms with Gasteiger partial charge in [-0.3, -0.25) is 0 Å². The predicted molar refractivity (Wildman–Crippen MR) is 424 cm³/mol. The zero-order valence-electron chi connectivity index (χ0n) is 55.7. The maximum Gasteiger partial charge on any atom is 0.252 e. The Hall–Kier alpha value is -12.6. The Morgan fingerprint density at radius 1 is 0.240 bits per heavy atom. The maximum absolute atomic E-state index is 2.70. The third-order valence-corrected chi connectivity index (χ3v) is 21.3. The molecule has 0 unspecified atom stereocenters. The average molecular weight is 1280 g/mol. The Labute approximate surface area is 581 Å². The van der Waals surface area contributed by atoms with Gasteiger partial charge in [0.25, 0.3) is 6.71 Å². The molecule has 15 aromatic carbocycles. The Morgan fingerprint density at radius 3 is 0.910 bits per heavy atom. The highest BCUT2D eigenvalue weighted by Crippen LogP contribution is 2.55. The van der Waals surface area contributed by atoms with Crippen LogP contribution in [-0.4, -0.2) is 20.4 Å². The van der Waals surface area contributed by atoms with Gasteiger partial charge in [-0.1, -0.05) is 282 Å². The van der Waals surface area contributed by atoms with Crippen LogP contribution in [0.1, 0.15) is 26.3 Å². The number of rotatable bonds is 9. The first-order valence-corrected chi connectivity index (χ1v) is 34.9. The van der Waals surface area contributed by atoms with Crippen molar-refractivity contribution in [2.75, 3.05) is 9.80 Å². The minimum atomic E-state index is -0.314. The van der Waals surface area contributed by atoms with Crippen LogP contribution in [0.15, 0.2) is 346 Å². The lowest BCUT2D eigenvalue weighted by Crippen LogP contribution is -2.61. The molecule has 0 saturated carbocycles. The molecule has 2 aliphatic heterocycles. The monoisotopic (exact) mass is 1280 g/mol. The Morgan fingerprint density at radius 2 is 0.550 bits per heavy atom. The molecule has 18 aromatic rings. The fourth-order valence-electron chi connectivity index (χ4n) is 16.9. The largest absolute Gasteiger partial charge is 0.310 e. The van der Waals surface area contributed by atoms with Crippen LogP contribution in [0.25, 0.3) is 127 Å². The van der Waals surface area contributed by atoms with Gasteiger partial charge in [-0.05, 0) is 135 Å². The summed E-state index contributed by atoms with van der Waals surface area (Å²) >= 11 is 0. The lowest BCUT2D eigenvalue weighted by molar-refractivity contribution is 0.590. The van der Waals surface area contributed by atoms with Crippen molar-refractivity contribution in [3.05, 3.63) is 351 Å². The number of aromatic nitrogens is 3. The third kappa shape index (κ3) is 8.76. The molecule has 5 nitrogen and oxygen atoms in total. The molecule has 0 saturated heterocycles. The van der Waals surface area contributed by atoms with Crippen molar-refractivity contribution in [1.29, 1.82) is 0 Å². The van der Waals surface area contributed by atoms with Crippen molar-refractivity contribution in [2.45, 2.75) is 26.2 Å². The van der Waals surface area contributed by atoms with Gasteiger partial charge in [0.15, 0.2) is 0 Å². The first-order valence-electron chi connectivity index (χ1n) is 34.9. The van der Waals surface area contributed by atoms with E-state index in [-0.39, 0.29) is 12.1 Å². The molecule has 0 bridgehead atoms. The molecule has 0 spiro atoms. The molecule has 470 valence electrons. The first-order chi connectivity index (χ1) is 49.3. The van der Waals surface area contributed by atoms with E-state index in [1.54, 1.807) is 0 Å². The smallest absolute Gasteiger partial charge is 0.252 e. The molecule has 0 amide bonds. The number of hydrogen-bond acceptors (Lipinski definition) is 2. The van der Waals surface area contributed by atoms with E-state index < -0.39 is 0 Å². The SMILES string of the molecule is CC(C)(C)c1cc2c3c(c1)N(c1c(-c4ccccc4)cccc1-c1ccccc1)c1cc(-n4c5ccccc5c5cc6c(cc54)c4ccccc4n6-c4ccccc4)ccc1B3c1ccc(-n3c4ccccc4c4ccccc43)cc1N2c1c(-c2ccccc2)cccc1-c1ccccc1. The summed E-state index contributed by atoms with van der Waals surface area (Å²) in [6.07, 6.45) is 0. The molecule has 0 aliphatic carbocycles. The van der Waals surface area contributed by atoms with Crippen molar-refractivity contribution < 1.29 is 0 Å². The van der Waals surface area contributed by atoms with Crippen molar-refractivity contribution in [3.8, 4) is 61.6 Å². The number of anilines is 6. The molecule has 100 heavy (non-hydrogen) atoms. The van der Waals surface area contributed by atoms with Gasteiger partial charge in [0.05, 0.1) is 44.5 Å². The van der Waals surface area contributed by atoms with Crippen molar-refractivity contribution in [1.82, 2.24) is 13.7 Å². The lowest BCUT2D eigenvalue weighted by Gasteiger charge is -2.46. The molecular weight excluding hydrogens is 1210 g/mol. The van der Waals surface area contributed by atoms with Gasteiger partial charge >= 0.3 is 0 Å². The molecular formula is C94H66BN5. The van der Waals surface area contributed by atoms with Crippen LogP contribution >= 0.6 is 0 Å². The number of benzene rings is 15. The number of fused-ring (bicyclic) bond motifs is 13. The fourth-order valence-corrected chi connectivity index (χ4v) is 16.9. The molecule has 0 atom stereocenters. The summed E-state index contributed by atoms with van der Waals surface area (Å²) in [6, 6.07) is 130. The minimum absolute atomic E-state index is 0.229. The Balaban J connectivity index is 0.938. The second kappa shape index (κ2) is 22.5. The predicted octanol–water partition coefficient (Wildman–Crippen LogP) is 23.0. The van der Waals surface area contributed by atoms with Crippen LogP contribution in [0.3, 0.4) is 0 Å². The van der Waals surface area contributed by atoms with E-state index in [1.165, 1.54) is 76.3 Å². The van der Waals surface area contributed by atoms with Gasteiger partial charge < -0.3 is 23.5 Å². The topological polar surface area (TPSA) is 21.3 Å². The summed E-state index contributed by atoms with van der Waals surface area (Å²) in [7, 11) is 0. The van der Waals surface area contributed by atoms with Crippen LogP contribution in [0.4, 0.5) is 34.1 Å². The van der Waals surface area contributed by atoms with E-state index in [0.717, 1.165) is 107 Å². The summed E-state index contributed by atoms with van der Waals surface area (Å²) in [5.74, 6) is 0. The number of para-hydroxylation sites is 7. The maximum atomic E-state index is 2.70. The zero-order valence-corrected chi connectivity index (χ0v) is 55.7. The highest BCUT2D eigenvalue weighted by molar-refractivity contribution is 7.00. The third-order valence-electron chi connectivity index (χ3n) is 21.3. The molecule has 6 heteroatoms.